The number of furan rings is 1. The minimum atomic E-state index is -3.80. The van der Waals surface area contributed by atoms with Crippen LogP contribution in [-0.4, -0.2) is 29.3 Å². The van der Waals surface area contributed by atoms with Crippen LogP contribution in [0.1, 0.15) is 30.7 Å². The lowest BCUT2D eigenvalue weighted by Crippen LogP contribution is -2.18. The van der Waals surface area contributed by atoms with Crippen molar-refractivity contribution < 1.29 is 17.9 Å². The molecule has 0 spiro atoms. The average Bonchev–Trinajstić information content (AvgIpc) is 3.30. The number of para-hydroxylation sites is 1. The number of phenols is 1. The van der Waals surface area contributed by atoms with Crippen LogP contribution in [-0.2, 0) is 10.0 Å². The maximum absolute atomic E-state index is 12.0. The van der Waals surface area contributed by atoms with Gasteiger partial charge in [-0.1, -0.05) is 13.0 Å². The van der Waals surface area contributed by atoms with Crippen LogP contribution < -0.4 is 15.4 Å². The van der Waals surface area contributed by atoms with Crippen molar-refractivity contribution in [3.63, 3.8) is 0 Å². The number of aryl methyl sites for hydroxylation is 1. The van der Waals surface area contributed by atoms with Gasteiger partial charge in [-0.25, -0.2) is 13.1 Å². The summed E-state index contributed by atoms with van der Waals surface area (Å²) in [6.07, 6.45) is 2.44. The minimum Gasteiger partial charge on any atom is -0.504 e. The molecule has 11 heteroatoms. The monoisotopic (exact) mass is 423 g/mol. The van der Waals surface area contributed by atoms with Gasteiger partial charge in [-0.15, -0.1) is 0 Å². The fourth-order valence-electron chi connectivity index (χ4n) is 2.62. The molecule has 4 N–H and O–H groups in total. The predicted molar refractivity (Wildman–Crippen MR) is 108 cm³/mol. The number of aromatic hydroxyl groups is 1. The summed E-state index contributed by atoms with van der Waals surface area (Å²) in [6, 6.07) is 6.24. The molecule has 1 atom stereocenters. The Morgan fingerprint density at radius 3 is 2.68 bits per heavy atom. The topological polar surface area (TPSA) is 129 Å². The van der Waals surface area contributed by atoms with Crippen LogP contribution in [0.25, 0.3) is 0 Å². The third-order valence-electron chi connectivity index (χ3n) is 4.11. The van der Waals surface area contributed by atoms with Crippen molar-refractivity contribution in [1.82, 2.24) is 13.5 Å². The maximum atomic E-state index is 12.0. The first kappa shape index (κ1) is 20.1. The van der Waals surface area contributed by atoms with Crippen molar-refractivity contribution in [1.29, 1.82) is 0 Å². The zero-order valence-corrected chi connectivity index (χ0v) is 17.2. The molecule has 0 unspecified atom stereocenters. The number of sulfonamides is 1. The molecular weight excluding hydrogens is 402 g/mol. The molecule has 0 fully saturated rings. The van der Waals surface area contributed by atoms with Gasteiger partial charge < -0.3 is 20.2 Å². The number of rotatable bonds is 8. The number of phenolic OH excluding ortho intramolecular Hbond substituents is 1. The highest BCUT2D eigenvalue weighted by Gasteiger charge is 2.21. The van der Waals surface area contributed by atoms with Crippen LogP contribution in [0.4, 0.5) is 17.3 Å². The zero-order valence-electron chi connectivity index (χ0n) is 15.6. The molecule has 0 saturated heterocycles. The minimum absolute atomic E-state index is 0.109. The van der Waals surface area contributed by atoms with Gasteiger partial charge in [-0.2, -0.15) is 8.75 Å². The molecular formula is C17H21N5O4S2. The summed E-state index contributed by atoms with van der Waals surface area (Å²) < 4.78 is 40.3. The van der Waals surface area contributed by atoms with Crippen molar-refractivity contribution in [3.05, 3.63) is 41.9 Å². The van der Waals surface area contributed by atoms with Crippen LogP contribution in [0.2, 0.25) is 0 Å². The Morgan fingerprint density at radius 1 is 1.29 bits per heavy atom. The smallest absolute Gasteiger partial charge is 0.244 e. The Hall–Kier alpha value is -2.63. The fraction of sp³-hybridized carbons (Fsp3) is 0.294. The second-order valence-corrected chi connectivity index (χ2v) is 8.46. The van der Waals surface area contributed by atoms with Crippen molar-refractivity contribution >= 4 is 39.1 Å². The van der Waals surface area contributed by atoms with E-state index in [1.54, 1.807) is 12.3 Å². The SMILES string of the molecule is CC[C@@H](Nc1nsnc1Nc1cccc(S(=O)(=O)NC)c1O)c1cc(C)co1. The van der Waals surface area contributed by atoms with Gasteiger partial charge in [0.05, 0.1) is 29.7 Å². The molecule has 0 aliphatic heterocycles. The molecule has 0 aliphatic carbocycles. The summed E-state index contributed by atoms with van der Waals surface area (Å²) in [6.45, 7) is 3.96. The molecule has 1 aromatic carbocycles. The summed E-state index contributed by atoms with van der Waals surface area (Å²) in [4.78, 5) is -0.227. The number of nitrogens with one attached hydrogen (secondary N) is 3. The van der Waals surface area contributed by atoms with Gasteiger partial charge in [0.25, 0.3) is 0 Å². The van der Waals surface area contributed by atoms with Gasteiger partial charge in [0, 0.05) is 0 Å². The van der Waals surface area contributed by atoms with E-state index in [1.807, 2.05) is 19.9 Å². The van der Waals surface area contributed by atoms with Crippen LogP contribution in [0.15, 0.2) is 39.8 Å². The normalized spacial score (nSPS) is 12.7. The zero-order chi connectivity index (χ0) is 20.3. The Bertz CT molecular complexity index is 1060. The maximum Gasteiger partial charge on any atom is 0.244 e. The molecule has 3 rings (SSSR count). The van der Waals surface area contributed by atoms with Crippen LogP contribution in [0.3, 0.4) is 0 Å². The van der Waals surface area contributed by atoms with Gasteiger partial charge in [-0.3, -0.25) is 0 Å². The molecule has 0 amide bonds. The highest BCUT2D eigenvalue weighted by Crippen LogP contribution is 2.35. The second kappa shape index (κ2) is 8.17. The number of nitrogens with zero attached hydrogens (tertiary/aromatic N) is 2. The van der Waals surface area contributed by atoms with Crippen molar-refractivity contribution in [3.8, 4) is 5.75 Å². The summed E-state index contributed by atoms with van der Waals surface area (Å²) >= 11 is 0.991. The molecule has 150 valence electrons. The Morgan fingerprint density at radius 2 is 2.04 bits per heavy atom. The molecule has 0 radical (unpaired) electrons. The van der Waals surface area contributed by atoms with E-state index in [0.29, 0.717) is 11.6 Å². The van der Waals surface area contributed by atoms with Crippen LogP contribution in [0, 0.1) is 6.92 Å². The molecule has 0 aliphatic rings. The molecule has 3 aromatic rings. The number of aromatic nitrogens is 2. The number of anilines is 3. The van der Waals surface area contributed by atoms with E-state index in [0.717, 1.165) is 29.5 Å². The average molecular weight is 424 g/mol. The number of hydrogen-bond donors (Lipinski definition) is 4. The van der Waals surface area contributed by atoms with E-state index in [4.69, 9.17) is 4.42 Å². The summed E-state index contributed by atoms with van der Waals surface area (Å²) in [5.41, 5.74) is 1.23. The van der Waals surface area contributed by atoms with E-state index in [-0.39, 0.29) is 16.6 Å². The van der Waals surface area contributed by atoms with Gasteiger partial charge >= 0.3 is 0 Å². The molecule has 28 heavy (non-hydrogen) atoms. The molecule has 0 bridgehead atoms. The molecule has 2 heterocycles. The van der Waals surface area contributed by atoms with Gasteiger partial charge in [0.15, 0.2) is 17.4 Å². The molecule has 0 saturated carbocycles. The van der Waals surface area contributed by atoms with Crippen LogP contribution in [0.5, 0.6) is 5.75 Å². The predicted octanol–water partition coefficient (Wildman–Crippen LogP) is 3.36. The summed E-state index contributed by atoms with van der Waals surface area (Å²) in [5.74, 6) is 1.24. The quantitative estimate of drug-likeness (QED) is 0.406. The summed E-state index contributed by atoms with van der Waals surface area (Å²) in [7, 11) is -2.52. The highest BCUT2D eigenvalue weighted by atomic mass is 32.2. The van der Waals surface area contributed by atoms with Crippen molar-refractivity contribution in [2.24, 2.45) is 0 Å². The standard InChI is InChI=1S/C17H21N5O4S2/c1-4-11(13-8-10(2)9-26-13)19-16-17(22-27-21-16)20-12-6-5-7-14(15(12)23)28(24,25)18-3/h5-9,11,18,23H,4H2,1-3H3,(H,19,21)(H,20,22)/t11-/m1/s1. The first-order chi connectivity index (χ1) is 13.4. The van der Waals surface area contributed by atoms with E-state index in [1.165, 1.54) is 19.2 Å². The number of benzene rings is 1. The van der Waals surface area contributed by atoms with E-state index < -0.39 is 15.8 Å². The largest absolute Gasteiger partial charge is 0.504 e. The number of hydrogen-bond acceptors (Lipinski definition) is 9. The van der Waals surface area contributed by atoms with Crippen molar-refractivity contribution in [2.75, 3.05) is 17.7 Å². The van der Waals surface area contributed by atoms with Crippen molar-refractivity contribution in [2.45, 2.75) is 31.2 Å². The van der Waals surface area contributed by atoms with E-state index >= 15 is 0 Å². The first-order valence-corrected chi connectivity index (χ1v) is 10.7. The Labute approximate surface area is 167 Å². The Kier molecular flexibility index (Phi) is 5.87. The molecule has 9 nitrogen and oxygen atoms in total. The van der Waals surface area contributed by atoms with Gasteiger partial charge in [-0.05, 0) is 44.2 Å². The highest BCUT2D eigenvalue weighted by molar-refractivity contribution is 7.89. The lowest BCUT2D eigenvalue weighted by atomic mass is 10.1. The third kappa shape index (κ3) is 4.11. The molecule has 2 aromatic heterocycles. The van der Waals surface area contributed by atoms with Crippen LogP contribution >= 0.6 is 11.7 Å². The summed E-state index contributed by atoms with van der Waals surface area (Å²) in [5, 5.41) is 16.6. The first-order valence-electron chi connectivity index (χ1n) is 8.52. The third-order valence-corrected chi connectivity index (χ3v) is 6.09. The Balaban J connectivity index is 1.86. The van der Waals surface area contributed by atoms with Gasteiger partial charge in [0.2, 0.25) is 10.0 Å². The lowest BCUT2D eigenvalue weighted by molar-refractivity contribution is 0.460. The van der Waals surface area contributed by atoms with Gasteiger partial charge in [0.1, 0.15) is 10.7 Å². The van der Waals surface area contributed by atoms with E-state index in [9.17, 15) is 13.5 Å². The fourth-order valence-corrected chi connectivity index (χ4v) is 3.94. The second-order valence-electron chi connectivity index (χ2n) is 6.08. The lowest BCUT2D eigenvalue weighted by Gasteiger charge is -2.16. The van der Waals surface area contributed by atoms with E-state index in [2.05, 4.69) is 24.1 Å².